The summed E-state index contributed by atoms with van der Waals surface area (Å²) in [6.07, 6.45) is 0.876. The highest BCUT2D eigenvalue weighted by atomic mass is 35.5. The number of aliphatic hydroxyl groups excluding tert-OH is 1. The fourth-order valence-electron chi connectivity index (χ4n) is 3.57. The molecule has 0 aliphatic carbocycles. The number of aliphatic hydroxyl groups is 1. The molecule has 1 saturated heterocycles. The van der Waals surface area contributed by atoms with E-state index >= 15 is 0 Å². The van der Waals surface area contributed by atoms with Crippen molar-refractivity contribution in [2.24, 2.45) is 0 Å². The average Bonchev–Trinajstić information content (AvgIpc) is 3.03. The fraction of sp³-hybridized carbons (Fsp3) is 0.360. The van der Waals surface area contributed by atoms with Crippen LogP contribution in [0.15, 0.2) is 54.1 Å². The Morgan fingerprint density at radius 3 is 2.31 bits per heavy atom. The average molecular weight is 458 g/mol. The van der Waals surface area contributed by atoms with E-state index in [0.29, 0.717) is 28.5 Å². The molecule has 0 bridgehead atoms. The van der Waals surface area contributed by atoms with Crippen molar-refractivity contribution in [3.05, 3.63) is 70.3 Å². The number of ketones is 1. The molecule has 7 heteroatoms. The van der Waals surface area contributed by atoms with Crippen LogP contribution >= 0.6 is 11.6 Å². The smallest absolute Gasteiger partial charge is 0.295 e. The molecule has 3 rings (SSSR count). The van der Waals surface area contributed by atoms with Gasteiger partial charge in [-0.2, -0.15) is 0 Å². The number of likely N-dealkylation sites (tertiary alicyclic amines) is 1. The second-order valence-corrected chi connectivity index (χ2v) is 8.27. The van der Waals surface area contributed by atoms with Gasteiger partial charge in [0.2, 0.25) is 0 Å². The van der Waals surface area contributed by atoms with Crippen molar-refractivity contribution in [1.82, 2.24) is 4.90 Å². The number of ether oxygens (including phenoxy) is 2. The number of carbonyl (C=O) groups excluding carboxylic acids is 2. The zero-order valence-electron chi connectivity index (χ0n) is 18.5. The van der Waals surface area contributed by atoms with Gasteiger partial charge in [0.25, 0.3) is 11.7 Å². The minimum atomic E-state index is -0.737. The number of benzene rings is 2. The summed E-state index contributed by atoms with van der Waals surface area (Å²) >= 11 is 6.04. The van der Waals surface area contributed by atoms with Crippen molar-refractivity contribution in [2.75, 3.05) is 19.8 Å². The van der Waals surface area contributed by atoms with E-state index in [0.717, 1.165) is 6.42 Å². The summed E-state index contributed by atoms with van der Waals surface area (Å²) in [5.41, 5.74) is 1.16. The van der Waals surface area contributed by atoms with Crippen molar-refractivity contribution < 1.29 is 24.2 Å². The summed E-state index contributed by atoms with van der Waals surface area (Å²) < 4.78 is 11.2. The third-order valence-corrected chi connectivity index (χ3v) is 5.36. The lowest BCUT2D eigenvalue weighted by molar-refractivity contribution is -0.140. The van der Waals surface area contributed by atoms with Gasteiger partial charge < -0.3 is 19.5 Å². The molecule has 1 unspecified atom stereocenters. The second kappa shape index (κ2) is 10.7. The SMILES string of the molecule is CCCOc1ccc(/C(O)=C2/C(=O)C(=O)N(CCOC(C)C)C2c2ccc(Cl)cc2)cc1. The number of amides is 1. The number of Topliss-reactive ketones (excluding diaryl/α,β-unsaturated/α-hetero) is 1. The standard InChI is InChI=1S/C25H28ClNO5/c1-4-14-32-20-11-7-18(8-12-20)23(28)21-22(17-5-9-19(26)10-6-17)27(25(30)24(21)29)13-15-31-16(2)3/h5-12,16,22,28H,4,13-15H2,1-3H3/b23-21-. The molecule has 1 atom stereocenters. The van der Waals surface area contributed by atoms with Gasteiger partial charge >= 0.3 is 0 Å². The Morgan fingerprint density at radius 2 is 1.72 bits per heavy atom. The highest BCUT2D eigenvalue weighted by molar-refractivity contribution is 6.46. The zero-order valence-corrected chi connectivity index (χ0v) is 19.3. The van der Waals surface area contributed by atoms with Crippen molar-refractivity contribution in [3.63, 3.8) is 0 Å². The van der Waals surface area contributed by atoms with E-state index in [2.05, 4.69) is 0 Å². The molecule has 170 valence electrons. The summed E-state index contributed by atoms with van der Waals surface area (Å²) in [6.45, 7) is 6.90. The van der Waals surface area contributed by atoms with Crippen LogP contribution in [0.25, 0.3) is 5.76 Å². The van der Waals surface area contributed by atoms with Gasteiger partial charge in [0, 0.05) is 17.1 Å². The molecule has 1 N–H and O–H groups in total. The van der Waals surface area contributed by atoms with Crippen LogP contribution in [-0.4, -0.2) is 47.6 Å². The highest BCUT2D eigenvalue weighted by Gasteiger charge is 2.45. The van der Waals surface area contributed by atoms with E-state index in [1.165, 1.54) is 4.90 Å². The van der Waals surface area contributed by atoms with E-state index in [1.807, 2.05) is 20.8 Å². The predicted molar refractivity (Wildman–Crippen MR) is 124 cm³/mol. The van der Waals surface area contributed by atoms with Gasteiger partial charge in [0.1, 0.15) is 11.5 Å². The van der Waals surface area contributed by atoms with Gasteiger partial charge in [0.05, 0.1) is 30.9 Å². The van der Waals surface area contributed by atoms with E-state index < -0.39 is 17.7 Å². The maximum Gasteiger partial charge on any atom is 0.295 e. The first-order valence-corrected chi connectivity index (χ1v) is 11.1. The third kappa shape index (κ3) is 5.31. The molecular weight excluding hydrogens is 430 g/mol. The Hall–Kier alpha value is -2.83. The van der Waals surface area contributed by atoms with Gasteiger partial charge in [-0.1, -0.05) is 30.7 Å². The van der Waals surface area contributed by atoms with Crippen LogP contribution in [0.1, 0.15) is 44.4 Å². The number of carbonyl (C=O) groups is 2. The molecule has 0 spiro atoms. The summed E-state index contributed by atoms with van der Waals surface area (Å²) in [5, 5.41) is 11.6. The van der Waals surface area contributed by atoms with Crippen LogP contribution in [0.4, 0.5) is 0 Å². The van der Waals surface area contributed by atoms with Crippen LogP contribution in [0.3, 0.4) is 0 Å². The van der Waals surface area contributed by atoms with E-state index in [1.54, 1.807) is 48.5 Å². The minimum Gasteiger partial charge on any atom is -0.507 e. The number of hydrogen-bond donors (Lipinski definition) is 1. The molecule has 6 nitrogen and oxygen atoms in total. The molecule has 0 saturated carbocycles. The maximum atomic E-state index is 13.0. The van der Waals surface area contributed by atoms with Crippen LogP contribution in [0, 0.1) is 0 Å². The Labute approximate surface area is 193 Å². The summed E-state index contributed by atoms with van der Waals surface area (Å²) in [5.74, 6) is -0.943. The quantitative estimate of drug-likeness (QED) is 0.326. The maximum absolute atomic E-state index is 13.0. The molecule has 32 heavy (non-hydrogen) atoms. The van der Waals surface area contributed by atoms with Crippen molar-refractivity contribution >= 4 is 29.1 Å². The van der Waals surface area contributed by atoms with E-state index in [9.17, 15) is 14.7 Å². The molecule has 1 heterocycles. The van der Waals surface area contributed by atoms with Crippen LogP contribution < -0.4 is 4.74 Å². The first-order valence-electron chi connectivity index (χ1n) is 10.7. The first kappa shape index (κ1) is 23.8. The van der Waals surface area contributed by atoms with Crippen molar-refractivity contribution in [3.8, 4) is 5.75 Å². The lowest BCUT2D eigenvalue weighted by atomic mass is 9.95. The molecule has 1 fully saturated rings. The second-order valence-electron chi connectivity index (χ2n) is 7.84. The van der Waals surface area contributed by atoms with Crippen LogP contribution in [-0.2, 0) is 14.3 Å². The molecule has 2 aromatic rings. The molecule has 1 amide bonds. The summed E-state index contributed by atoms with van der Waals surface area (Å²) in [6, 6.07) is 13.0. The normalized spacial score (nSPS) is 17.9. The lowest BCUT2D eigenvalue weighted by Crippen LogP contribution is -2.33. The Morgan fingerprint density at radius 1 is 1.06 bits per heavy atom. The number of rotatable bonds is 9. The van der Waals surface area contributed by atoms with E-state index in [-0.39, 0.29) is 30.6 Å². The fourth-order valence-corrected chi connectivity index (χ4v) is 3.70. The molecule has 0 radical (unpaired) electrons. The Kier molecular flexibility index (Phi) is 7.94. The van der Waals surface area contributed by atoms with Gasteiger partial charge in [-0.05, 0) is 62.2 Å². The number of nitrogens with zero attached hydrogens (tertiary/aromatic N) is 1. The number of halogens is 1. The molecule has 0 aromatic heterocycles. The van der Waals surface area contributed by atoms with Gasteiger partial charge in [-0.25, -0.2) is 0 Å². The Bertz CT molecular complexity index is 982. The van der Waals surface area contributed by atoms with Gasteiger partial charge in [-0.15, -0.1) is 0 Å². The Balaban J connectivity index is 2.01. The summed E-state index contributed by atoms with van der Waals surface area (Å²) in [7, 11) is 0. The van der Waals surface area contributed by atoms with Crippen molar-refractivity contribution in [1.29, 1.82) is 0 Å². The lowest BCUT2D eigenvalue weighted by Gasteiger charge is -2.25. The van der Waals surface area contributed by atoms with Crippen LogP contribution in [0.5, 0.6) is 5.75 Å². The largest absolute Gasteiger partial charge is 0.507 e. The van der Waals surface area contributed by atoms with Crippen LogP contribution in [0.2, 0.25) is 5.02 Å². The predicted octanol–water partition coefficient (Wildman–Crippen LogP) is 4.98. The minimum absolute atomic E-state index is 0.00533. The highest BCUT2D eigenvalue weighted by Crippen LogP contribution is 2.39. The monoisotopic (exact) mass is 457 g/mol. The molecule has 1 aliphatic rings. The summed E-state index contributed by atoms with van der Waals surface area (Å²) in [4.78, 5) is 27.3. The van der Waals surface area contributed by atoms with E-state index in [4.69, 9.17) is 21.1 Å². The number of hydrogen-bond acceptors (Lipinski definition) is 5. The third-order valence-electron chi connectivity index (χ3n) is 5.11. The zero-order chi connectivity index (χ0) is 23.3. The van der Waals surface area contributed by atoms with Crippen molar-refractivity contribution in [2.45, 2.75) is 39.3 Å². The molecule has 1 aliphatic heterocycles. The van der Waals surface area contributed by atoms with Gasteiger partial charge in [-0.3, -0.25) is 9.59 Å². The topological polar surface area (TPSA) is 76.1 Å². The molecule has 2 aromatic carbocycles. The first-order chi connectivity index (χ1) is 15.3. The molecular formula is C25H28ClNO5. The van der Waals surface area contributed by atoms with Gasteiger partial charge in [0.15, 0.2) is 0 Å².